The number of nitrogens with one attached hydrogen (secondary N) is 1. The number of piperidine rings is 1. The molecule has 0 bridgehead atoms. The summed E-state index contributed by atoms with van der Waals surface area (Å²) in [5, 5.41) is 28.8. The predicted molar refractivity (Wildman–Crippen MR) is 106 cm³/mol. The zero-order chi connectivity index (χ0) is 20.9. The van der Waals surface area contributed by atoms with Crippen LogP contribution in [0.15, 0.2) is 34.0 Å². The first kappa shape index (κ1) is 19.5. The number of phenols is 1. The number of carbonyl (C=O) groups excluding carboxylic acids is 1. The Morgan fingerprint density at radius 1 is 1.30 bits per heavy atom. The lowest BCUT2D eigenvalue weighted by atomic mass is 10.1. The topological polar surface area (TPSA) is 161 Å². The van der Waals surface area contributed by atoms with Crippen LogP contribution in [0, 0.1) is 0 Å². The number of hydrazone groups is 1. The highest BCUT2D eigenvalue weighted by Crippen LogP contribution is 2.19. The molecule has 0 spiro atoms. The third-order valence-corrected chi connectivity index (χ3v) is 4.75. The van der Waals surface area contributed by atoms with E-state index in [2.05, 4.69) is 40.7 Å². The number of aromatic nitrogens is 5. The van der Waals surface area contributed by atoms with Gasteiger partial charge in [0.05, 0.1) is 11.9 Å². The molecule has 4 rings (SSSR count). The Labute approximate surface area is 171 Å². The van der Waals surface area contributed by atoms with E-state index in [0.29, 0.717) is 17.8 Å². The van der Waals surface area contributed by atoms with Crippen molar-refractivity contribution >= 4 is 17.9 Å². The van der Waals surface area contributed by atoms with Gasteiger partial charge in [-0.1, -0.05) is 23.8 Å². The van der Waals surface area contributed by atoms with Crippen LogP contribution < -0.4 is 11.2 Å². The third-order valence-electron chi connectivity index (χ3n) is 4.75. The first-order valence-corrected chi connectivity index (χ1v) is 9.49. The van der Waals surface area contributed by atoms with Crippen molar-refractivity contribution in [1.82, 2.24) is 35.6 Å². The zero-order valence-corrected chi connectivity index (χ0v) is 16.1. The number of amides is 1. The number of likely N-dealkylation sites (tertiary alicyclic amines) is 1. The molecule has 0 aliphatic carbocycles. The van der Waals surface area contributed by atoms with Gasteiger partial charge in [-0.2, -0.15) is 9.78 Å². The van der Waals surface area contributed by atoms with Crippen molar-refractivity contribution in [2.45, 2.75) is 25.8 Å². The van der Waals surface area contributed by atoms with Gasteiger partial charge in [-0.25, -0.2) is 10.1 Å². The van der Waals surface area contributed by atoms with Crippen LogP contribution in [0.2, 0.25) is 0 Å². The van der Waals surface area contributed by atoms with E-state index >= 15 is 0 Å². The molecule has 156 valence electrons. The number of phenolic OH excluding ortho intramolecular Hbond substituents is 1. The molecule has 1 amide bonds. The van der Waals surface area contributed by atoms with E-state index in [1.165, 1.54) is 23.4 Å². The fraction of sp³-hybridized carbons (Fsp3) is 0.333. The number of hydrogen-bond acceptors (Lipinski definition) is 10. The van der Waals surface area contributed by atoms with Gasteiger partial charge < -0.3 is 10.8 Å². The number of nitrogen functional groups attached to an aromatic ring is 1. The summed E-state index contributed by atoms with van der Waals surface area (Å²) in [6.45, 7) is 2.27. The minimum Gasteiger partial charge on any atom is -0.508 e. The number of rotatable bonds is 6. The fourth-order valence-electron chi connectivity index (χ4n) is 3.28. The lowest BCUT2D eigenvalue weighted by molar-refractivity contribution is 0.0947. The number of aromatic hydroxyl groups is 1. The Kier molecular flexibility index (Phi) is 5.66. The van der Waals surface area contributed by atoms with Crippen LogP contribution in [0.3, 0.4) is 0 Å². The SMILES string of the molecule is Nc1nonc1-n1nnc(C(=O)NN=Cc2cccc(O)c2)c1CN1CCCCC1. The second kappa shape index (κ2) is 8.69. The highest BCUT2D eigenvalue weighted by Gasteiger charge is 2.26. The van der Waals surface area contributed by atoms with Gasteiger partial charge >= 0.3 is 0 Å². The lowest BCUT2D eigenvalue weighted by Gasteiger charge is -2.26. The van der Waals surface area contributed by atoms with Gasteiger partial charge in [-0.15, -0.1) is 5.10 Å². The van der Waals surface area contributed by atoms with Crippen LogP contribution in [0.4, 0.5) is 5.82 Å². The van der Waals surface area contributed by atoms with E-state index in [1.54, 1.807) is 18.2 Å². The van der Waals surface area contributed by atoms with Gasteiger partial charge in [0.2, 0.25) is 11.6 Å². The van der Waals surface area contributed by atoms with Crippen LogP contribution in [0.25, 0.3) is 5.82 Å². The number of hydrogen-bond donors (Lipinski definition) is 3. The van der Waals surface area contributed by atoms with Gasteiger partial charge in [0.25, 0.3) is 5.91 Å². The Balaban J connectivity index is 1.57. The molecule has 2 aromatic heterocycles. The third kappa shape index (κ3) is 4.27. The Bertz CT molecular complexity index is 1050. The van der Waals surface area contributed by atoms with Gasteiger partial charge in [0.15, 0.2) is 5.69 Å². The molecule has 0 saturated carbocycles. The van der Waals surface area contributed by atoms with E-state index in [1.807, 2.05) is 0 Å². The summed E-state index contributed by atoms with van der Waals surface area (Å²) < 4.78 is 6.04. The second-order valence-corrected chi connectivity index (χ2v) is 6.90. The number of carbonyl (C=O) groups is 1. The number of anilines is 1. The average molecular weight is 411 g/mol. The van der Waals surface area contributed by atoms with Gasteiger partial charge in [-0.3, -0.25) is 9.69 Å². The zero-order valence-electron chi connectivity index (χ0n) is 16.1. The van der Waals surface area contributed by atoms with Crippen LogP contribution in [0.1, 0.15) is 41.0 Å². The van der Waals surface area contributed by atoms with Crippen molar-refractivity contribution in [3.8, 4) is 11.6 Å². The molecule has 12 heteroatoms. The molecule has 1 aliphatic heterocycles. The molecule has 1 saturated heterocycles. The maximum absolute atomic E-state index is 12.7. The van der Waals surface area contributed by atoms with E-state index in [0.717, 1.165) is 25.9 Å². The standard InChI is InChI=1S/C18H21N9O3/c19-16-17(24-30-23-16)27-14(11-26-7-2-1-3-8-26)15(21-25-27)18(29)22-20-10-12-5-4-6-13(28)9-12/h4-6,9-10,28H,1-3,7-8,11H2,(H2,19,23)(H,22,29). The molecule has 1 aliphatic rings. The monoisotopic (exact) mass is 411 g/mol. The molecule has 12 nitrogen and oxygen atoms in total. The minimum atomic E-state index is -0.528. The molecule has 1 aromatic carbocycles. The van der Waals surface area contributed by atoms with Gasteiger partial charge in [0.1, 0.15) is 5.75 Å². The quantitative estimate of drug-likeness (QED) is 0.391. The molecular formula is C18H21N9O3. The summed E-state index contributed by atoms with van der Waals surface area (Å²) in [5.74, 6) is -0.194. The molecule has 0 atom stereocenters. The number of nitrogens with zero attached hydrogens (tertiary/aromatic N) is 7. The first-order chi connectivity index (χ1) is 14.6. The van der Waals surface area contributed by atoms with E-state index in [9.17, 15) is 9.90 Å². The van der Waals surface area contributed by atoms with Crippen molar-refractivity contribution < 1.29 is 14.5 Å². The largest absolute Gasteiger partial charge is 0.508 e. The molecule has 0 radical (unpaired) electrons. The maximum Gasteiger partial charge on any atom is 0.293 e. The van der Waals surface area contributed by atoms with Crippen molar-refractivity contribution in [3.63, 3.8) is 0 Å². The molecule has 0 unspecified atom stereocenters. The Hall–Kier alpha value is -3.80. The van der Waals surface area contributed by atoms with Gasteiger partial charge in [0, 0.05) is 6.54 Å². The smallest absolute Gasteiger partial charge is 0.293 e. The van der Waals surface area contributed by atoms with Crippen molar-refractivity contribution in [2.75, 3.05) is 18.8 Å². The molecule has 1 fully saturated rings. The van der Waals surface area contributed by atoms with Crippen molar-refractivity contribution in [1.29, 1.82) is 0 Å². The normalized spacial score (nSPS) is 14.9. The highest BCUT2D eigenvalue weighted by molar-refractivity contribution is 5.94. The molecular weight excluding hydrogens is 390 g/mol. The molecule has 3 aromatic rings. The van der Waals surface area contributed by atoms with Gasteiger partial charge in [-0.05, 0) is 53.9 Å². The van der Waals surface area contributed by atoms with Crippen LogP contribution in [-0.2, 0) is 6.54 Å². The van der Waals surface area contributed by atoms with E-state index in [4.69, 9.17) is 5.73 Å². The number of benzene rings is 1. The first-order valence-electron chi connectivity index (χ1n) is 9.49. The van der Waals surface area contributed by atoms with E-state index < -0.39 is 5.91 Å². The summed E-state index contributed by atoms with van der Waals surface area (Å²) >= 11 is 0. The highest BCUT2D eigenvalue weighted by atomic mass is 16.6. The average Bonchev–Trinajstić information content (AvgIpc) is 3.34. The molecule has 4 N–H and O–H groups in total. The molecule has 3 heterocycles. The maximum atomic E-state index is 12.7. The minimum absolute atomic E-state index is 0.0497. The summed E-state index contributed by atoms with van der Waals surface area (Å²) in [7, 11) is 0. The van der Waals surface area contributed by atoms with Crippen molar-refractivity contribution in [3.05, 3.63) is 41.2 Å². The summed E-state index contributed by atoms with van der Waals surface area (Å²) in [6, 6.07) is 6.49. The molecule has 30 heavy (non-hydrogen) atoms. The Morgan fingerprint density at radius 2 is 2.13 bits per heavy atom. The summed E-state index contributed by atoms with van der Waals surface area (Å²) in [6.07, 6.45) is 4.78. The summed E-state index contributed by atoms with van der Waals surface area (Å²) in [4.78, 5) is 15.0. The lowest BCUT2D eigenvalue weighted by Crippen LogP contribution is -2.31. The Morgan fingerprint density at radius 3 is 2.87 bits per heavy atom. The van der Waals surface area contributed by atoms with Crippen LogP contribution in [-0.4, -0.2) is 60.5 Å². The second-order valence-electron chi connectivity index (χ2n) is 6.90. The number of nitrogens with two attached hydrogens (primary N) is 1. The summed E-state index contributed by atoms with van der Waals surface area (Å²) in [5.41, 5.74) is 9.50. The fourth-order valence-corrected chi connectivity index (χ4v) is 3.28. The van der Waals surface area contributed by atoms with E-state index in [-0.39, 0.29) is 23.1 Å². The predicted octanol–water partition coefficient (Wildman–Crippen LogP) is 0.688. The van der Waals surface area contributed by atoms with Crippen LogP contribution >= 0.6 is 0 Å². The van der Waals surface area contributed by atoms with Crippen LogP contribution in [0.5, 0.6) is 5.75 Å². The van der Waals surface area contributed by atoms with Crippen molar-refractivity contribution in [2.24, 2.45) is 5.10 Å².